The molecule has 0 aromatic heterocycles. The highest BCUT2D eigenvalue weighted by Gasteiger charge is 2.58. The normalized spacial score (nSPS) is 30.4. The summed E-state index contributed by atoms with van der Waals surface area (Å²) in [5, 5.41) is 20.5. The van der Waals surface area contributed by atoms with Gasteiger partial charge in [0.05, 0.1) is 11.7 Å². The largest absolute Gasteiger partial charge is 0.388 e. The summed E-state index contributed by atoms with van der Waals surface area (Å²) >= 11 is 0. The molecule has 1 aromatic rings. The van der Waals surface area contributed by atoms with E-state index < -0.39 is 11.0 Å². The first-order valence-electron chi connectivity index (χ1n) is 6.34. The topological polar surface area (TPSA) is 44.0 Å². The molecule has 2 heteroatoms. The van der Waals surface area contributed by atoms with Crippen LogP contribution >= 0.6 is 0 Å². The lowest BCUT2D eigenvalue weighted by Crippen LogP contribution is -2.49. The fourth-order valence-electron chi connectivity index (χ4n) is 3.36. The average Bonchev–Trinajstić information content (AvgIpc) is 3.11. The number of benzene rings is 1. The average molecular weight is 227 g/mol. The summed E-state index contributed by atoms with van der Waals surface area (Å²) in [6.45, 7) is 1.86. The van der Waals surface area contributed by atoms with Crippen LogP contribution in [-0.4, -0.2) is 10.7 Å². The van der Waals surface area contributed by atoms with Gasteiger partial charge in [-0.15, -0.1) is 0 Å². The second-order valence-electron chi connectivity index (χ2n) is 5.60. The maximum atomic E-state index is 10.8. The van der Waals surface area contributed by atoms with E-state index in [0.717, 1.165) is 31.2 Å². The van der Waals surface area contributed by atoms with Gasteiger partial charge in [-0.05, 0) is 49.7 Å². The SMILES string of the molecule is CC(O)(C1CC1)C1(C#N)CCc2ccccc21. The maximum absolute atomic E-state index is 10.8. The summed E-state index contributed by atoms with van der Waals surface area (Å²) in [7, 11) is 0. The molecule has 88 valence electrons. The van der Waals surface area contributed by atoms with Gasteiger partial charge in [-0.2, -0.15) is 5.26 Å². The maximum Gasteiger partial charge on any atom is 0.111 e. The third kappa shape index (κ3) is 1.29. The van der Waals surface area contributed by atoms with Crippen LogP contribution in [0.4, 0.5) is 0 Å². The number of fused-ring (bicyclic) bond motifs is 1. The molecule has 3 rings (SSSR count). The van der Waals surface area contributed by atoms with E-state index >= 15 is 0 Å². The first kappa shape index (κ1) is 10.8. The zero-order valence-corrected chi connectivity index (χ0v) is 10.1. The Morgan fingerprint density at radius 1 is 1.41 bits per heavy atom. The number of rotatable bonds is 2. The van der Waals surface area contributed by atoms with Crippen LogP contribution in [0.25, 0.3) is 0 Å². The highest BCUT2D eigenvalue weighted by Crippen LogP contribution is 2.54. The minimum atomic E-state index is -0.881. The Labute approximate surface area is 102 Å². The van der Waals surface area contributed by atoms with Crippen LogP contribution < -0.4 is 0 Å². The number of nitriles is 1. The summed E-state index contributed by atoms with van der Waals surface area (Å²) in [5.41, 5.74) is 0.716. The molecule has 1 saturated carbocycles. The first-order valence-corrected chi connectivity index (χ1v) is 6.34. The van der Waals surface area contributed by atoms with Crippen LogP contribution in [0.1, 0.15) is 37.3 Å². The minimum Gasteiger partial charge on any atom is -0.388 e. The molecule has 1 aromatic carbocycles. The van der Waals surface area contributed by atoms with Crippen LogP contribution in [0.3, 0.4) is 0 Å². The Morgan fingerprint density at radius 3 is 2.76 bits per heavy atom. The molecule has 0 bridgehead atoms. The van der Waals surface area contributed by atoms with E-state index in [1.54, 1.807) is 0 Å². The van der Waals surface area contributed by atoms with Crippen molar-refractivity contribution < 1.29 is 5.11 Å². The lowest BCUT2D eigenvalue weighted by molar-refractivity contribution is -0.0201. The van der Waals surface area contributed by atoms with Gasteiger partial charge in [0.1, 0.15) is 5.41 Å². The second kappa shape index (κ2) is 3.34. The molecule has 2 aliphatic carbocycles. The highest BCUT2D eigenvalue weighted by atomic mass is 16.3. The fourth-order valence-corrected chi connectivity index (χ4v) is 3.36. The van der Waals surface area contributed by atoms with Crippen molar-refractivity contribution in [3.05, 3.63) is 35.4 Å². The summed E-state index contributed by atoms with van der Waals surface area (Å²) in [4.78, 5) is 0. The quantitative estimate of drug-likeness (QED) is 0.843. The molecule has 2 unspecified atom stereocenters. The molecule has 0 spiro atoms. The van der Waals surface area contributed by atoms with Gasteiger partial charge in [0, 0.05) is 0 Å². The van der Waals surface area contributed by atoms with Gasteiger partial charge in [-0.25, -0.2) is 0 Å². The van der Waals surface area contributed by atoms with Gasteiger partial charge in [0.2, 0.25) is 0 Å². The third-order valence-corrected chi connectivity index (χ3v) is 4.67. The molecule has 1 N–H and O–H groups in total. The van der Waals surface area contributed by atoms with E-state index in [-0.39, 0.29) is 0 Å². The molecular weight excluding hydrogens is 210 g/mol. The molecule has 2 nitrogen and oxygen atoms in total. The van der Waals surface area contributed by atoms with E-state index in [2.05, 4.69) is 12.1 Å². The van der Waals surface area contributed by atoms with Crippen LogP contribution in [-0.2, 0) is 11.8 Å². The van der Waals surface area contributed by atoms with Crippen LogP contribution in [0.2, 0.25) is 0 Å². The molecular formula is C15H17NO. The molecule has 1 fully saturated rings. The predicted molar refractivity (Wildman–Crippen MR) is 65.4 cm³/mol. The predicted octanol–water partition coefficient (Wildman–Crippen LogP) is 2.56. The van der Waals surface area contributed by atoms with E-state index in [4.69, 9.17) is 0 Å². The van der Waals surface area contributed by atoms with E-state index in [1.165, 1.54) is 5.56 Å². The molecule has 0 heterocycles. The van der Waals surface area contributed by atoms with Crippen molar-refractivity contribution in [2.75, 3.05) is 0 Å². The van der Waals surface area contributed by atoms with Crippen molar-refractivity contribution in [3.8, 4) is 6.07 Å². The second-order valence-corrected chi connectivity index (χ2v) is 5.60. The van der Waals surface area contributed by atoms with Crippen LogP contribution in [0, 0.1) is 17.2 Å². The molecule has 0 saturated heterocycles. The zero-order chi connectivity index (χ0) is 12.1. The van der Waals surface area contributed by atoms with E-state index in [0.29, 0.717) is 5.92 Å². The summed E-state index contributed by atoms with van der Waals surface area (Å²) in [6, 6.07) is 10.5. The van der Waals surface area contributed by atoms with Gasteiger partial charge in [0.15, 0.2) is 0 Å². The van der Waals surface area contributed by atoms with Crippen LogP contribution in [0.5, 0.6) is 0 Å². The number of hydrogen-bond acceptors (Lipinski definition) is 2. The lowest BCUT2D eigenvalue weighted by Gasteiger charge is -2.38. The Bertz CT molecular complexity index is 496. The Hall–Kier alpha value is -1.33. The zero-order valence-electron chi connectivity index (χ0n) is 10.1. The third-order valence-electron chi connectivity index (χ3n) is 4.67. The Balaban J connectivity index is 2.14. The van der Waals surface area contributed by atoms with Gasteiger partial charge in [-0.1, -0.05) is 24.3 Å². The van der Waals surface area contributed by atoms with Crippen molar-refractivity contribution in [2.45, 2.75) is 43.6 Å². The first-order chi connectivity index (χ1) is 8.12. The van der Waals surface area contributed by atoms with Crippen molar-refractivity contribution in [1.29, 1.82) is 5.26 Å². The van der Waals surface area contributed by atoms with Crippen molar-refractivity contribution >= 4 is 0 Å². The van der Waals surface area contributed by atoms with Gasteiger partial charge in [-0.3, -0.25) is 0 Å². The van der Waals surface area contributed by atoms with Gasteiger partial charge >= 0.3 is 0 Å². The van der Waals surface area contributed by atoms with Crippen LogP contribution in [0.15, 0.2) is 24.3 Å². The molecule has 2 aliphatic rings. The minimum absolute atomic E-state index is 0.299. The summed E-state index contributed by atoms with van der Waals surface area (Å²) in [6.07, 6.45) is 3.77. The summed E-state index contributed by atoms with van der Waals surface area (Å²) in [5.74, 6) is 0.299. The lowest BCUT2D eigenvalue weighted by atomic mass is 9.67. The molecule has 0 radical (unpaired) electrons. The fraction of sp³-hybridized carbons (Fsp3) is 0.533. The Morgan fingerprint density at radius 2 is 2.12 bits per heavy atom. The van der Waals surface area contributed by atoms with Crippen molar-refractivity contribution in [2.24, 2.45) is 5.92 Å². The molecule has 0 amide bonds. The van der Waals surface area contributed by atoms with Gasteiger partial charge in [0.25, 0.3) is 0 Å². The molecule has 2 atom stereocenters. The summed E-state index contributed by atoms with van der Waals surface area (Å²) < 4.78 is 0. The van der Waals surface area contributed by atoms with Gasteiger partial charge < -0.3 is 5.11 Å². The molecule has 17 heavy (non-hydrogen) atoms. The number of nitrogens with zero attached hydrogens (tertiary/aromatic N) is 1. The smallest absolute Gasteiger partial charge is 0.111 e. The Kier molecular flexibility index (Phi) is 2.12. The number of aliphatic hydroxyl groups is 1. The number of hydrogen-bond donors (Lipinski definition) is 1. The standard InChI is InChI=1S/C15H17NO/c1-14(17,12-6-7-12)15(10-16)9-8-11-4-2-3-5-13(11)15/h2-5,12,17H,6-9H2,1H3. The highest BCUT2D eigenvalue weighted by molar-refractivity contribution is 5.47. The van der Waals surface area contributed by atoms with Crippen molar-refractivity contribution in [3.63, 3.8) is 0 Å². The van der Waals surface area contributed by atoms with Crippen molar-refractivity contribution in [1.82, 2.24) is 0 Å². The van der Waals surface area contributed by atoms with E-state index in [9.17, 15) is 10.4 Å². The van der Waals surface area contributed by atoms with E-state index in [1.807, 2.05) is 25.1 Å². The molecule has 0 aliphatic heterocycles. The monoisotopic (exact) mass is 227 g/mol. The number of aryl methyl sites for hydroxylation is 1.